The van der Waals surface area contributed by atoms with Gasteiger partial charge < -0.3 is 4.74 Å². The highest BCUT2D eigenvalue weighted by molar-refractivity contribution is 7.87. The standard InChI is InChI=1S/C17H24N4O3S/c1-14-11-21(12-15(2)24-14)25(22,23)19-10-16-6-3-4-7-17(16)13-20-9-5-8-18-20/h3-9,14-15,19H,10-13H2,1-2H3. The van der Waals surface area contributed by atoms with Crippen molar-refractivity contribution in [2.45, 2.75) is 39.1 Å². The van der Waals surface area contributed by atoms with Gasteiger partial charge in [0, 0.05) is 32.0 Å². The van der Waals surface area contributed by atoms with Crippen LogP contribution in [0.15, 0.2) is 42.7 Å². The van der Waals surface area contributed by atoms with Gasteiger partial charge in [0.15, 0.2) is 0 Å². The third-order valence-electron chi connectivity index (χ3n) is 4.18. The summed E-state index contributed by atoms with van der Waals surface area (Å²) in [6.07, 6.45) is 3.41. The quantitative estimate of drug-likeness (QED) is 0.840. The van der Waals surface area contributed by atoms with E-state index in [0.29, 0.717) is 19.6 Å². The van der Waals surface area contributed by atoms with E-state index >= 15 is 0 Å². The van der Waals surface area contributed by atoms with Crippen LogP contribution in [-0.2, 0) is 28.0 Å². The second kappa shape index (κ2) is 7.65. The van der Waals surface area contributed by atoms with E-state index in [9.17, 15) is 8.42 Å². The molecule has 1 aliphatic heterocycles. The minimum atomic E-state index is -3.55. The summed E-state index contributed by atoms with van der Waals surface area (Å²) < 4.78 is 36.8. The van der Waals surface area contributed by atoms with E-state index in [1.54, 1.807) is 6.20 Å². The number of nitrogens with zero attached hydrogens (tertiary/aromatic N) is 3. The van der Waals surface area contributed by atoms with E-state index in [-0.39, 0.29) is 18.8 Å². The van der Waals surface area contributed by atoms with E-state index in [0.717, 1.165) is 11.1 Å². The molecule has 2 unspecified atom stereocenters. The van der Waals surface area contributed by atoms with E-state index in [1.807, 2.05) is 55.1 Å². The first-order valence-electron chi connectivity index (χ1n) is 8.38. The molecule has 136 valence electrons. The fourth-order valence-corrected chi connectivity index (χ4v) is 4.37. The van der Waals surface area contributed by atoms with Crippen LogP contribution in [0.3, 0.4) is 0 Å². The van der Waals surface area contributed by atoms with E-state index in [2.05, 4.69) is 9.82 Å². The molecule has 7 nitrogen and oxygen atoms in total. The van der Waals surface area contributed by atoms with Gasteiger partial charge in [0.05, 0.1) is 18.8 Å². The van der Waals surface area contributed by atoms with Gasteiger partial charge in [-0.3, -0.25) is 4.68 Å². The average molecular weight is 364 g/mol. The van der Waals surface area contributed by atoms with Crippen LogP contribution < -0.4 is 4.72 Å². The van der Waals surface area contributed by atoms with Crippen molar-refractivity contribution >= 4 is 10.2 Å². The lowest BCUT2D eigenvalue weighted by atomic mass is 10.1. The van der Waals surface area contributed by atoms with Crippen LogP contribution >= 0.6 is 0 Å². The topological polar surface area (TPSA) is 76.5 Å². The normalized spacial score (nSPS) is 22.2. The summed E-state index contributed by atoms with van der Waals surface area (Å²) in [5.41, 5.74) is 1.98. The SMILES string of the molecule is CC1CN(S(=O)(=O)NCc2ccccc2Cn2cccn2)CC(C)O1. The molecule has 25 heavy (non-hydrogen) atoms. The zero-order chi connectivity index (χ0) is 17.9. The molecule has 1 aliphatic rings. The molecule has 0 saturated carbocycles. The third-order valence-corrected chi connectivity index (χ3v) is 5.67. The van der Waals surface area contributed by atoms with Crippen molar-refractivity contribution in [3.63, 3.8) is 0 Å². The maximum absolute atomic E-state index is 12.6. The minimum absolute atomic E-state index is 0.104. The van der Waals surface area contributed by atoms with Crippen molar-refractivity contribution in [2.75, 3.05) is 13.1 Å². The molecule has 1 N–H and O–H groups in total. The van der Waals surface area contributed by atoms with Gasteiger partial charge in [-0.15, -0.1) is 0 Å². The van der Waals surface area contributed by atoms with Crippen molar-refractivity contribution in [1.29, 1.82) is 0 Å². The second-order valence-corrected chi connectivity index (χ2v) is 8.13. The number of aromatic nitrogens is 2. The summed E-state index contributed by atoms with van der Waals surface area (Å²) in [5.74, 6) is 0. The lowest BCUT2D eigenvalue weighted by Crippen LogP contribution is -2.51. The Hall–Kier alpha value is -1.74. The van der Waals surface area contributed by atoms with Gasteiger partial charge in [-0.05, 0) is 31.0 Å². The Morgan fingerprint density at radius 3 is 2.48 bits per heavy atom. The highest BCUT2D eigenvalue weighted by atomic mass is 32.2. The molecule has 3 rings (SSSR count). The molecule has 1 saturated heterocycles. The Labute approximate surface area is 148 Å². The van der Waals surface area contributed by atoms with E-state index < -0.39 is 10.2 Å². The van der Waals surface area contributed by atoms with Gasteiger partial charge in [-0.1, -0.05) is 24.3 Å². The van der Waals surface area contributed by atoms with E-state index in [1.165, 1.54) is 4.31 Å². The number of ether oxygens (including phenoxy) is 1. The lowest BCUT2D eigenvalue weighted by Gasteiger charge is -2.34. The molecule has 1 aromatic heterocycles. The van der Waals surface area contributed by atoms with Crippen LogP contribution in [0, 0.1) is 0 Å². The lowest BCUT2D eigenvalue weighted by molar-refractivity contribution is -0.0444. The number of hydrogen-bond donors (Lipinski definition) is 1. The molecule has 0 aliphatic carbocycles. The number of morpholine rings is 1. The predicted octanol–water partition coefficient (Wildman–Crippen LogP) is 1.37. The van der Waals surface area contributed by atoms with Gasteiger partial charge >= 0.3 is 0 Å². The smallest absolute Gasteiger partial charge is 0.279 e. The van der Waals surface area contributed by atoms with Crippen LogP contribution in [0.1, 0.15) is 25.0 Å². The Morgan fingerprint density at radius 2 is 1.84 bits per heavy atom. The molecule has 0 amide bonds. The first-order valence-corrected chi connectivity index (χ1v) is 9.82. The minimum Gasteiger partial charge on any atom is -0.373 e. The molecule has 1 fully saturated rings. The number of rotatable bonds is 6. The van der Waals surface area contributed by atoms with Gasteiger partial charge in [0.25, 0.3) is 10.2 Å². The van der Waals surface area contributed by atoms with Gasteiger partial charge in [-0.25, -0.2) is 0 Å². The molecular weight excluding hydrogens is 340 g/mol. The predicted molar refractivity (Wildman–Crippen MR) is 95.1 cm³/mol. The fraction of sp³-hybridized carbons (Fsp3) is 0.471. The number of hydrogen-bond acceptors (Lipinski definition) is 4. The zero-order valence-electron chi connectivity index (χ0n) is 14.5. The second-order valence-electron chi connectivity index (χ2n) is 6.37. The molecule has 2 aromatic rings. The fourth-order valence-electron chi connectivity index (χ4n) is 3.04. The first-order chi connectivity index (χ1) is 11.9. The van der Waals surface area contributed by atoms with Crippen LogP contribution in [0.5, 0.6) is 0 Å². The van der Waals surface area contributed by atoms with Crippen molar-refractivity contribution in [2.24, 2.45) is 0 Å². The molecule has 0 bridgehead atoms. The van der Waals surface area contributed by atoms with E-state index in [4.69, 9.17) is 4.74 Å². The molecule has 0 spiro atoms. The monoisotopic (exact) mass is 364 g/mol. The maximum Gasteiger partial charge on any atom is 0.279 e. The van der Waals surface area contributed by atoms with Crippen LogP contribution in [0.25, 0.3) is 0 Å². The summed E-state index contributed by atoms with van der Waals surface area (Å²) in [6.45, 7) is 5.37. The average Bonchev–Trinajstić information content (AvgIpc) is 3.06. The molecule has 1 aromatic carbocycles. The Bertz CT molecular complexity index is 782. The summed E-state index contributed by atoms with van der Waals surface area (Å²) in [4.78, 5) is 0. The van der Waals surface area contributed by atoms with Crippen LogP contribution in [0.2, 0.25) is 0 Å². The Balaban J connectivity index is 1.68. The third kappa shape index (κ3) is 4.66. The number of benzene rings is 1. The van der Waals surface area contributed by atoms with Crippen LogP contribution in [0.4, 0.5) is 0 Å². The molecule has 2 atom stereocenters. The summed E-state index contributed by atoms with van der Waals surface area (Å²) in [7, 11) is -3.55. The summed E-state index contributed by atoms with van der Waals surface area (Å²) in [5, 5.41) is 4.21. The molecule has 8 heteroatoms. The molecule has 0 radical (unpaired) electrons. The van der Waals surface area contributed by atoms with Gasteiger partial charge in [-0.2, -0.15) is 22.5 Å². The van der Waals surface area contributed by atoms with Crippen molar-refractivity contribution < 1.29 is 13.2 Å². The van der Waals surface area contributed by atoms with Crippen molar-refractivity contribution in [3.8, 4) is 0 Å². The molecule has 2 heterocycles. The largest absolute Gasteiger partial charge is 0.373 e. The zero-order valence-corrected chi connectivity index (χ0v) is 15.3. The molecular formula is C17H24N4O3S. The summed E-state index contributed by atoms with van der Waals surface area (Å²) in [6, 6.07) is 9.65. The van der Waals surface area contributed by atoms with Crippen molar-refractivity contribution in [3.05, 3.63) is 53.9 Å². The Morgan fingerprint density at radius 1 is 1.16 bits per heavy atom. The van der Waals surface area contributed by atoms with Gasteiger partial charge in [0.1, 0.15) is 0 Å². The first kappa shape index (κ1) is 18.1. The van der Waals surface area contributed by atoms with Crippen LogP contribution in [-0.4, -0.2) is 47.8 Å². The maximum atomic E-state index is 12.6. The van der Waals surface area contributed by atoms with Gasteiger partial charge in [0.2, 0.25) is 0 Å². The highest BCUT2D eigenvalue weighted by Crippen LogP contribution is 2.15. The number of nitrogens with one attached hydrogen (secondary N) is 1. The van der Waals surface area contributed by atoms with Crippen molar-refractivity contribution in [1.82, 2.24) is 18.8 Å². The summed E-state index contributed by atoms with van der Waals surface area (Å²) >= 11 is 0. The highest BCUT2D eigenvalue weighted by Gasteiger charge is 2.30. The Kier molecular flexibility index (Phi) is 5.53.